The van der Waals surface area contributed by atoms with Crippen molar-refractivity contribution in [1.29, 1.82) is 0 Å². The number of nitrogens with zero attached hydrogens (tertiary/aromatic N) is 1. The molecule has 1 N–H and O–H groups in total. The molecule has 0 bridgehead atoms. The summed E-state index contributed by atoms with van der Waals surface area (Å²) in [7, 11) is 1.66. The largest absolute Gasteiger partial charge is 0.480 e. The smallest absolute Gasteiger partial charge is 0.237 e. The molecule has 15 heavy (non-hydrogen) atoms. The van der Waals surface area contributed by atoms with Gasteiger partial charge in [-0.25, -0.2) is 4.98 Å². The molecule has 1 aromatic heterocycles. The Balaban J connectivity index is 2.09. The van der Waals surface area contributed by atoms with Crippen LogP contribution in [0.2, 0.25) is 0 Å². The second-order valence-electron chi connectivity index (χ2n) is 4.22. The van der Waals surface area contributed by atoms with Gasteiger partial charge in [0.2, 0.25) is 5.88 Å². The van der Waals surface area contributed by atoms with Crippen LogP contribution in [-0.4, -0.2) is 18.1 Å². The van der Waals surface area contributed by atoms with Gasteiger partial charge in [0, 0.05) is 12.2 Å². The van der Waals surface area contributed by atoms with Crippen LogP contribution < -0.4 is 10.1 Å². The molecule has 1 aliphatic carbocycles. The molecule has 82 valence electrons. The van der Waals surface area contributed by atoms with Gasteiger partial charge in [-0.15, -0.1) is 0 Å². The lowest BCUT2D eigenvalue weighted by molar-refractivity contribution is 0.398. The zero-order chi connectivity index (χ0) is 10.7. The molecule has 1 fully saturated rings. The monoisotopic (exact) mass is 206 g/mol. The maximum Gasteiger partial charge on any atom is 0.237 e. The van der Waals surface area contributed by atoms with Gasteiger partial charge in [0.1, 0.15) is 0 Å². The second kappa shape index (κ2) is 4.51. The molecule has 1 aromatic rings. The summed E-state index contributed by atoms with van der Waals surface area (Å²) in [5, 5.41) is 3.52. The Morgan fingerprint density at radius 2 is 2.33 bits per heavy atom. The van der Waals surface area contributed by atoms with E-state index in [4.69, 9.17) is 4.74 Å². The highest BCUT2D eigenvalue weighted by Gasteiger charge is 2.23. The Labute approximate surface area is 90.9 Å². The maximum atomic E-state index is 5.22. The zero-order valence-electron chi connectivity index (χ0n) is 9.36. The molecule has 1 saturated carbocycles. The molecule has 0 unspecified atom stereocenters. The van der Waals surface area contributed by atoms with Gasteiger partial charge in [0.25, 0.3) is 0 Å². The number of ether oxygens (including phenoxy) is 1. The Kier molecular flexibility index (Phi) is 3.09. The predicted molar refractivity (Wildman–Crippen MR) is 61.2 cm³/mol. The van der Waals surface area contributed by atoms with Crippen molar-refractivity contribution in [2.24, 2.45) is 5.92 Å². The van der Waals surface area contributed by atoms with E-state index in [0.717, 1.165) is 11.6 Å². The zero-order valence-corrected chi connectivity index (χ0v) is 9.36. The number of hydrogen-bond donors (Lipinski definition) is 1. The first-order chi connectivity index (χ1) is 7.31. The van der Waals surface area contributed by atoms with Crippen molar-refractivity contribution in [2.75, 3.05) is 12.4 Å². The number of nitrogens with one attached hydrogen (secondary N) is 1. The summed E-state index contributed by atoms with van der Waals surface area (Å²) in [5.74, 6) is 1.44. The van der Waals surface area contributed by atoms with Crippen LogP contribution in [0.15, 0.2) is 18.3 Å². The third-order valence-electron chi connectivity index (χ3n) is 3.17. The molecule has 1 aliphatic rings. The van der Waals surface area contributed by atoms with Gasteiger partial charge in [0.15, 0.2) is 0 Å². The van der Waals surface area contributed by atoms with Gasteiger partial charge in [-0.3, -0.25) is 0 Å². The predicted octanol–water partition coefficient (Wildman–Crippen LogP) is 2.69. The number of methoxy groups -OCH3 is 1. The molecule has 0 amide bonds. The van der Waals surface area contributed by atoms with Gasteiger partial charge in [-0.1, -0.05) is 13.3 Å². The third kappa shape index (κ3) is 2.22. The fourth-order valence-electron chi connectivity index (χ4n) is 2.22. The molecule has 0 spiro atoms. The summed E-state index contributed by atoms with van der Waals surface area (Å²) < 4.78 is 5.22. The molecule has 1 heterocycles. The van der Waals surface area contributed by atoms with Crippen molar-refractivity contribution in [1.82, 2.24) is 4.98 Å². The lowest BCUT2D eigenvalue weighted by Gasteiger charge is -2.19. The van der Waals surface area contributed by atoms with E-state index in [-0.39, 0.29) is 0 Å². The molecule has 3 nitrogen and oxygen atoms in total. The Morgan fingerprint density at radius 3 is 3.00 bits per heavy atom. The Hall–Kier alpha value is -1.25. The molecular weight excluding hydrogens is 188 g/mol. The first kappa shape index (κ1) is 10.3. The number of anilines is 1. The van der Waals surface area contributed by atoms with Crippen molar-refractivity contribution in [3.8, 4) is 5.88 Å². The molecule has 0 aromatic carbocycles. The summed E-state index contributed by atoms with van der Waals surface area (Å²) >= 11 is 0. The van der Waals surface area contributed by atoms with E-state index in [1.165, 1.54) is 19.3 Å². The van der Waals surface area contributed by atoms with Crippen LogP contribution in [0.5, 0.6) is 5.88 Å². The van der Waals surface area contributed by atoms with E-state index in [1.54, 1.807) is 13.3 Å². The third-order valence-corrected chi connectivity index (χ3v) is 3.17. The summed E-state index contributed by atoms with van der Waals surface area (Å²) in [4.78, 5) is 4.18. The first-order valence-electron chi connectivity index (χ1n) is 5.57. The van der Waals surface area contributed by atoms with Crippen LogP contribution in [0.25, 0.3) is 0 Å². The van der Waals surface area contributed by atoms with Crippen molar-refractivity contribution >= 4 is 5.69 Å². The van der Waals surface area contributed by atoms with Gasteiger partial charge in [-0.05, 0) is 30.9 Å². The van der Waals surface area contributed by atoms with Crippen molar-refractivity contribution < 1.29 is 4.74 Å². The minimum absolute atomic E-state index is 0.572. The normalized spacial score (nSPS) is 25.2. The first-order valence-corrected chi connectivity index (χ1v) is 5.57. The molecule has 0 radical (unpaired) electrons. The highest BCUT2D eigenvalue weighted by atomic mass is 16.5. The number of rotatable bonds is 3. The molecule has 3 heteroatoms. The minimum atomic E-state index is 0.572. The van der Waals surface area contributed by atoms with Crippen LogP contribution >= 0.6 is 0 Å². The van der Waals surface area contributed by atoms with E-state index in [0.29, 0.717) is 11.9 Å². The lowest BCUT2D eigenvalue weighted by Crippen LogP contribution is -2.22. The van der Waals surface area contributed by atoms with Crippen molar-refractivity contribution in [3.05, 3.63) is 18.3 Å². The van der Waals surface area contributed by atoms with Crippen LogP contribution in [0.4, 0.5) is 5.69 Å². The summed E-state index contributed by atoms with van der Waals surface area (Å²) in [5.41, 5.74) is 1.01. The molecule has 2 rings (SSSR count). The number of aromatic nitrogens is 1. The molecule has 0 aliphatic heterocycles. The standard InChI is InChI=1S/C12H18N2O/c1-9-5-3-6-10(9)14-11-7-4-8-13-12(11)15-2/h4,7-10,14H,3,5-6H2,1-2H3/t9-,10+/m1/s1. The van der Waals surface area contributed by atoms with Crippen LogP contribution in [0.3, 0.4) is 0 Å². The SMILES string of the molecule is COc1ncccc1N[C@H]1CCC[C@H]1C. The Morgan fingerprint density at radius 1 is 1.47 bits per heavy atom. The lowest BCUT2D eigenvalue weighted by atomic mass is 10.1. The Bertz CT molecular complexity index is 327. The van der Waals surface area contributed by atoms with E-state index in [9.17, 15) is 0 Å². The van der Waals surface area contributed by atoms with Crippen molar-refractivity contribution in [3.63, 3.8) is 0 Å². The fraction of sp³-hybridized carbons (Fsp3) is 0.583. The van der Waals surface area contributed by atoms with Crippen LogP contribution in [0, 0.1) is 5.92 Å². The highest BCUT2D eigenvalue weighted by Crippen LogP contribution is 2.30. The summed E-state index contributed by atoms with van der Waals surface area (Å²) in [6.07, 6.45) is 5.64. The summed E-state index contributed by atoms with van der Waals surface area (Å²) in [6, 6.07) is 4.53. The van der Waals surface area contributed by atoms with Gasteiger partial charge in [0.05, 0.1) is 12.8 Å². The summed E-state index contributed by atoms with van der Waals surface area (Å²) in [6.45, 7) is 2.30. The van der Waals surface area contributed by atoms with Crippen LogP contribution in [0.1, 0.15) is 26.2 Å². The minimum Gasteiger partial charge on any atom is -0.480 e. The number of pyridine rings is 1. The van der Waals surface area contributed by atoms with E-state index >= 15 is 0 Å². The van der Waals surface area contributed by atoms with Gasteiger partial charge >= 0.3 is 0 Å². The maximum absolute atomic E-state index is 5.22. The second-order valence-corrected chi connectivity index (χ2v) is 4.22. The number of hydrogen-bond acceptors (Lipinski definition) is 3. The fourth-order valence-corrected chi connectivity index (χ4v) is 2.22. The average Bonchev–Trinajstić information content (AvgIpc) is 2.65. The average molecular weight is 206 g/mol. The highest BCUT2D eigenvalue weighted by molar-refractivity contribution is 5.52. The van der Waals surface area contributed by atoms with Gasteiger partial charge < -0.3 is 10.1 Å². The van der Waals surface area contributed by atoms with E-state index in [2.05, 4.69) is 17.2 Å². The van der Waals surface area contributed by atoms with Crippen LogP contribution in [-0.2, 0) is 0 Å². The van der Waals surface area contributed by atoms with E-state index in [1.807, 2.05) is 12.1 Å². The van der Waals surface area contributed by atoms with Crippen molar-refractivity contribution in [2.45, 2.75) is 32.2 Å². The van der Waals surface area contributed by atoms with E-state index < -0.39 is 0 Å². The molecule has 2 atom stereocenters. The molecule has 0 saturated heterocycles. The van der Waals surface area contributed by atoms with Gasteiger partial charge in [-0.2, -0.15) is 0 Å². The topological polar surface area (TPSA) is 34.1 Å². The quantitative estimate of drug-likeness (QED) is 0.825. The molecular formula is C12H18N2O.